The van der Waals surface area contributed by atoms with Gasteiger partial charge in [0.25, 0.3) is 0 Å². The first-order chi connectivity index (χ1) is 6.65. The van der Waals surface area contributed by atoms with Crippen LogP contribution in [0, 0.1) is 23.2 Å². The smallest absolute Gasteiger partial charge is 0.147 e. The van der Waals surface area contributed by atoms with Gasteiger partial charge in [0.1, 0.15) is 11.2 Å². The predicted octanol–water partition coefficient (Wildman–Crippen LogP) is 2.98. The highest BCUT2D eigenvalue weighted by atomic mass is 35.5. The summed E-state index contributed by atoms with van der Waals surface area (Å²) < 4.78 is 0. The van der Waals surface area contributed by atoms with E-state index in [9.17, 15) is 0 Å². The first-order valence-electron chi connectivity index (χ1n) is 4.71. The number of nitriles is 1. The Morgan fingerprint density at radius 1 is 1.36 bits per heavy atom. The van der Waals surface area contributed by atoms with Crippen LogP contribution in [0.25, 0.3) is 0 Å². The largest absolute Gasteiger partial charge is 0.239 e. The highest BCUT2D eigenvalue weighted by molar-refractivity contribution is 6.30. The van der Waals surface area contributed by atoms with Crippen LogP contribution < -0.4 is 0 Å². The molecule has 0 aromatic carbocycles. The molecule has 0 radical (unpaired) electrons. The van der Waals surface area contributed by atoms with E-state index in [0.717, 1.165) is 5.69 Å². The van der Waals surface area contributed by atoms with Gasteiger partial charge in [0.2, 0.25) is 0 Å². The molecule has 0 saturated heterocycles. The van der Waals surface area contributed by atoms with Gasteiger partial charge in [-0.05, 0) is 24.0 Å². The summed E-state index contributed by atoms with van der Waals surface area (Å²) in [7, 11) is 0. The highest BCUT2D eigenvalue weighted by Gasteiger charge is 2.44. The minimum absolute atomic E-state index is 0.330. The van der Waals surface area contributed by atoms with Gasteiger partial charge in [-0.15, -0.1) is 0 Å². The molecule has 0 aliphatic heterocycles. The van der Waals surface area contributed by atoms with Gasteiger partial charge in [0, 0.05) is 11.6 Å². The summed E-state index contributed by atoms with van der Waals surface area (Å²) in [5.41, 5.74) is 1.48. The third-order valence-corrected chi connectivity index (χ3v) is 3.44. The van der Waals surface area contributed by atoms with Crippen LogP contribution in [0.2, 0.25) is 5.15 Å². The Hall–Kier alpha value is -1.07. The number of aromatic nitrogens is 1. The maximum atomic E-state index is 8.69. The average molecular weight is 207 g/mol. The molecule has 1 fully saturated rings. The van der Waals surface area contributed by atoms with Gasteiger partial charge in [-0.1, -0.05) is 25.4 Å². The zero-order valence-corrected chi connectivity index (χ0v) is 8.92. The number of hydrogen-bond acceptors (Lipinski definition) is 2. The number of halogens is 1. The molecular formula is C11H11ClN2. The summed E-state index contributed by atoms with van der Waals surface area (Å²) >= 11 is 5.86. The molecule has 0 amide bonds. The fraction of sp³-hybridized carbons (Fsp3) is 0.455. The van der Waals surface area contributed by atoms with Crippen molar-refractivity contribution in [2.45, 2.75) is 19.8 Å². The molecular weight excluding hydrogens is 196 g/mol. The molecule has 1 aliphatic rings. The van der Waals surface area contributed by atoms with Crippen molar-refractivity contribution in [3.05, 3.63) is 28.5 Å². The summed E-state index contributed by atoms with van der Waals surface area (Å²) in [6.07, 6.45) is 0. The van der Waals surface area contributed by atoms with E-state index >= 15 is 0 Å². The second-order valence-electron chi connectivity index (χ2n) is 3.93. The van der Waals surface area contributed by atoms with Crippen LogP contribution in [0.1, 0.15) is 31.0 Å². The molecule has 2 rings (SSSR count). The van der Waals surface area contributed by atoms with Crippen LogP contribution in [0.5, 0.6) is 0 Å². The summed E-state index contributed by atoms with van der Waals surface area (Å²) in [5.74, 6) is 1.90. The minimum atomic E-state index is 0.330. The third kappa shape index (κ3) is 1.38. The lowest BCUT2D eigenvalue weighted by Crippen LogP contribution is -1.91. The zero-order valence-electron chi connectivity index (χ0n) is 8.16. The minimum Gasteiger partial charge on any atom is -0.239 e. The standard InChI is InChI=1S/C11H11ClN2/c1-6-7(2)10(6)9-4-3-8(5-13)11(12)14-9/h3-4,6-7,10H,1-2H3. The van der Waals surface area contributed by atoms with E-state index in [4.69, 9.17) is 16.9 Å². The number of rotatable bonds is 1. The molecule has 1 aromatic rings. The van der Waals surface area contributed by atoms with Gasteiger partial charge in [0.15, 0.2) is 0 Å². The number of hydrogen-bond donors (Lipinski definition) is 0. The quantitative estimate of drug-likeness (QED) is 0.663. The van der Waals surface area contributed by atoms with E-state index in [-0.39, 0.29) is 0 Å². The van der Waals surface area contributed by atoms with Gasteiger partial charge in [-0.25, -0.2) is 4.98 Å². The maximum Gasteiger partial charge on any atom is 0.147 e. The summed E-state index contributed by atoms with van der Waals surface area (Å²) in [6.45, 7) is 4.42. The Labute approximate surface area is 88.5 Å². The van der Waals surface area contributed by atoms with Crippen LogP contribution >= 0.6 is 11.6 Å². The van der Waals surface area contributed by atoms with Gasteiger partial charge in [-0.3, -0.25) is 0 Å². The van der Waals surface area contributed by atoms with E-state index < -0.39 is 0 Å². The normalized spacial score (nSPS) is 29.7. The Kier molecular flexibility index (Phi) is 2.20. The Morgan fingerprint density at radius 3 is 2.43 bits per heavy atom. The van der Waals surface area contributed by atoms with Crippen molar-refractivity contribution in [1.82, 2.24) is 4.98 Å². The van der Waals surface area contributed by atoms with Crippen molar-refractivity contribution < 1.29 is 0 Å². The van der Waals surface area contributed by atoms with E-state index in [0.29, 0.717) is 28.5 Å². The Morgan fingerprint density at radius 2 is 2.00 bits per heavy atom. The molecule has 0 bridgehead atoms. The number of pyridine rings is 1. The molecule has 2 atom stereocenters. The molecule has 14 heavy (non-hydrogen) atoms. The molecule has 0 N–H and O–H groups in total. The Bertz CT molecular complexity index is 400. The van der Waals surface area contributed by atoms with Crippen LogP contribution in [-0.2, 0) is 0 Å². The summed E-state index contributed by atoms with van der Waals surface area (Å²) in [6, 6.07) is 5.67. The van der Waals surface area contributed by atoms with Crippen LogP contribution in [0.3, 0.4) is 0 Å². The number of nitrogens with zero attached hydrogens (tertiary/aromatic N) is 2. The van der Waals surface area contributed by atoms with E-state index in [1.165, 1.54) is 0 Å². The van der Waals surface area contributed by atoms with Crippen LogP contribution in [0.15, 0.2) is 12.1 Å². The second kappa shape index (κ2) is 3.25. The lowest BCUT2D eigenvalue weighted by Gasteiger charge is -1.99. The first kappa shape index (κ1) is 9.48. The first-order valence-corrected chi connectivity index (χ1v) is 5.09. The van der Waals surface area contributed by atoms with Gasteiger partial charge < -0.3 is 0 Å². The lowest BCUT2D eigenvalue weighted by atomic mass is 10.2. The summed E-state index contributed by atoms with van der Waals surface area (Å²) in [4.78, 5) is 4.25. The fourth-order valence-electron chi connectivity index (χ4n) is 1.92. The highest BCUT2D eigenvalue weighted by Crippen LogP contribution is 2.52. The molecule has 0 spiro atoms. The van der Waals surface area contributed by atoms with Crippen LogP contribution in [-0.4, -0.2) is 4.98 Å². The average Bonchev–Trinajstić information content (AvgIpc) is 2.75. The summed E-state index contributed by atoms with van der Waals surface area (Å²) in [5, 5.41) is 9.02. The zero-order chi connectivity index (χ0) is 10.3. The van der Waals surface area contributed by atoms with Crippen LogP contribution in [0.4, 0.5) is 0 Å². The van der Waals surface area contributed by atoms with Crippen molar-refractivity contribution in [2.24, 2.45) is 11.8 Å². The fourth-order valence-corrected chi connectivity index (χ4v) is 2.12. The molecule has 1 aliphatic carbocycles. The molecule has 1 aromatic heterocycles. The monoisotopic (exact) mass is 206 g/mol. The van der Waals surface area contributed by atoms with Crippen molar-refractivity contribution in [1.29, 1.82) is 5.26 Å². The van der Waals surface area contributed by atoms with E-state index in [1.807, 2.05) is 12.1 Å². The molecule has 1 saturated carbocycles. The van der Waals surface area contributed by atoms with Gasteiger partial charge >= 0.3 is 0 Å². The van der Waals surface area contributed by atoms with Gasteiger partial charge in [-0.2, -0.15) is 5.26 Å². The van der Waals surface area contributed by atoms with E-state index in [1.54, 1.807) is 6.07 Å². The molecule has 2 unspecified atom stereocenters. The molecule has 1 heterocycles. The molecule has 72 valence electrons. The van der Waals surface area contributed by atoms with Gasteiger partial charge in [0.05, 0.1) is 5.56 Å². The second-order valence-corrected chi connectivity index (χ2v) is 4.29. The topological polar surface area (TPSA) is 36.7 Å². The van der Waals surface area contributed by atoms with Crippen molar-refractivity contribution >= 4 is 11.6 Å². The van der Waals surface area contributed by atoms with Crippen molar-refractivity contribution in [2.75, 3.05) is 0 Å². The van der Waals surface area contributed by atoms with Crippen molar-refractivity contribution in [3.8, 4) is 6.07 Å². The third-order valence-electron chi connectivity index (χ3n) is 3.15. The SMILES string of the molecule is CC1C(C)C1c1ccc(C#N)c(Cl)n1. The van der Waals surface area contributed by atoms with E-state index in [2.05, 4.69) is 18.8 Å². The Balaban J connectivity index is 2.31. The maximum absolute atomic E-state index is 8.69. The lowest BCUT2D eigenvalue weighted by molar-refractivity contribution is 0.834. The predicted molar refractivity (Wildman–Crippen MR) is 55.0 cm³/mol. The molecule has 3 heteroatoms. The molecule has 2 nitrogen and oxygen atoms in total. The van der Waals surface area contributed by atoms with Crippen molar-refractivity contribution in [3.63, 3.8) is 0 Å².